The lowest BCUT2D eigenvalue weighted by atomic mass is 10.2. The second-order valence-electron chi connectivity index (χ2n) is 5.00. The van der Waals surface area contributed by atoms with Gasteiger partial charge >= 0.3 is 0 Å². The van der Waals surface area contributed by atoms with E-state index in [1.165, 1.54) is 6.07 Å². The molecule has 2 rings (SSSR count). The largest absolute Gasteiger partial charge is 0.487 e. The first-order chi connectivity index (χ1) is 10.2. The quantitative estimate of drug-likeness (QED) is 0.850. The van der Waals surface area contributed by atoms with Crippen LogP contribution in [0.1, 0.15) is 44.0 Å². The summed E-state index contributed by atoms with van der Waals surface area (Å²) >= 11 is 0. The Labute approximate surface area is 124 Å². The molecule has 1 heterocycles. The fourth-order valence-corrected chi connectivity index (χ4v) is 2.26. The molecule has 1 aromatic heterocycles. The van der Waals surface area contributed by atoms with Gasteiger partial charge in [0.15, 0.2) is 0 Å². The van der Waals surface area contributed by atoms with E-state index < -0.39 is 0 Å². The van der Waals surface area contributed by atoms with Gasteiger partial charge in [0.05, 0.1) is 11.7 Å². The minimum atomic E-state index is -0.336. The molecule has 0 spiro atoms. The van der Waals surface area contributed by atoms with Crippen LogP contribution in [0.25, 0.3) is 0 Å². The lowest BCUT2D eigenvalue weighted by Gasteiger charge is -2.12. The van der Waals surface area contributed by atoms with Crippen LogP contribution < -0.4 is 10.5 Å². The van der Waals surface area contributed by atoms with Crippen LogP contribution in [0.5, 0.6) is 5.75 Å². The summed E-state index contributed by atoms with van der Waals surface area (Å²) in [5.74, 6) is 0.152. The van der Waals surface area contributed by atoms with Gasteiger partial charge in [0, 0.05) is 24.4 Å². The molecule has 0 unspecified atom stereocenters. The van der Waals surface area contributed by atoms with Crippen molar-refractivity contribution in [3.8, 4) is 5.75 Å². The number of benzene rings is 1. The predicted octanol–water partition coefficient (Wildman–Crippen LogP) is 3.42. The zero-order chi connectivity index (χ0) is 15.2. The molecule has 0 saturated carbocycles. The van der Waals surface area contributed by atoms with Crippen molar-refractivity contribution < 1.29 is 9.13 Å². The van der Waals surface area contributed by atoms with Gasteiger partial charge in [-0.3, -0.25) is 4.68 Å². The monoisotopic (exact) mass is 291 g/mol. The first-order valence-corrected chi connectivity index (χ1v) is 7.33. The maximum absolute atomic E-state index is 13.6. The maximum atomic E-state index is 13.6. The SMILES string of the molecule is CCC(CC)n1ccc(COc2ccc(CN)c(F)c2)n1. The fourth-order valence-electron chi connectivity index (χ4n) is 2.26. The predicted molar refractivity (Wildman–Crippen MR) is 80.5 cm³/mol. The van der Waals surface area contributed by atoms with E-state index in [0.29, 0.717) is 24.0 Å². The van der Waals surface area contributed by atoms with Crippen LogP contribution in [0.3, 0.4) is 0 Å². The zero-order valence-electron chi connectivity index (χ0n) is 12.6. The van der Waals surface area contributed by atoms with Crippen molar-refractivity contribution in [3.63, 3.8) is 0 Å². The van der Waals surface area contributed by atoms with Crippen LogP contribution in [0.4, 0.5) is 4.39 Å². The van der Waals surface area contributed by atoms with Crippen molar-refractivity contribution in [1.82, 2.24) is 9.78 Å². The van der Waals surface area contributed by atoms with Gasteiger partial charge in [-0.25, -0.2) is 4.39 Å². The number of halogens is 1. The van der Waals surface area contributed by atoms with Gasteiger partial charge in [-0.1, -0.05) is 19.9 Å². The molecule has 1 aromatic carbocycles. The van der Waals surface area contributed by atoms with Crippen molar-refractivity contribution >= 4 is 0 Å². The van der Waals surface area contributed by atoms with Crippen LogP contribution in [-0.2, 0) is 13.2 Å². The highest BCUT2D eigenvalue weighted by Crippen LogP contribution is 2.18. The van der Waals surface area contributed by atoms with Gasteiger partial charge in [0.2, 0.25) is 0 Å². The van der Waals surface area contributed by atoms with Crippen LogP contribution in [0.2, 0.25) is 0 Å². The average molecular weight is 291 g/mol. The highest BCUT2D eigenvalue weighted by atomic mass is 19.1. The van der Waals surface area contributed by atoms with E-state index in [-0.39, 0.29) is 12.4 Å². The Balaban J connectivity index is 1.98. The molecule has 114 valence electrons. The van der Waals surface area contributed by atoms with Crippen LogP contribution in [-0.4, -0.2) is 9.78 Å². The molecule has 5 heteroatoms. The average Bonchev–Trinajstić information content (AvgIpc) is 2.95. The molecule has 2 N–H and O–H groups in total. The molecule has 0 amide bonds. The van der Waals surface area contributed by atoms with E-state index in [1.54, 1.807) is 12.1 Å². The van der Waals surface area contributed by atoms with E-state index in [2.05, 4.69) is 18.9 Å². The minimum absolute atomic E-state index is 0.186. The Kier molecular flexibility index (Phi) is 5.33. The van der Waals surface area contributed by atoms with Gasteiger partial charge < -0.3 is 10.5 Å². The summed E-state index contributed by atoms with van der Waals surface area (Å²) in [6.07, 6.45) is 4.06. The standard InChI is InChI=1S/C16H22FN3O/c1-3-14(4-2)20-8-7-13(19-20)11-21-15-6-5-12(10-18)16(17)9-15/h5-9,14H,3-4,10-11,18H2,1-2H3. The summed E-state index contributed by atoms with van der Waals surface area (Å²) in [5.41, 5.74) is 6.75. The molecule has 2 aromatic rings. The molecular weight excluding hydrogens is 269 g/mol. The van der Waals surface area contributed by atoms with E-state index in [9.17, 15) is 4.39 Å². The maximum Gasteiger partial charge on any atom is 0.132 e. The number of hydrogen-bond donors (Lipinski definition) is 1. The highest BCUT2D eigenvalue weighted by Gasteiger charge is 2.09. The van der Waals surface area contributed by atoms with Crippen LogP contribution in [0, 0.1) is 5.82 Å². The Morgan fingerprint density at radius 2 is 2.05 bits per heavy atom. The molecule has 0 fully saturated rings. The molecule has 0 saturated heterocycles. The summed E-state index contributed by atoms with van der Waals surface area (Å²) in [5, 5.41) is 4.50. The Morgan fingerprint density at radius 1 is 1.29 bits per heavy atom. The minimum Gasteiger partial charge on any atom is -0.487 e. The normalized spacial score (nSPS) is 11.1. The molecule has 0 bridgehead atoms. The van der Waals surface area contributed by atoms with Crippen molar-refractivity contribution in [2.24, 2.45) is 5.73 Å². The number of hydrogen-bond acceptors (Lipinski definition) is 3. The van der Waals surface area contributed by atoms with Crippen molar-refractivity contribution in [2.45, 2.75) is 45.9 Å². The van der Waals surface area contributed by atoms with Crippen LogP contribution in [0.15, 0.2) is 30.5 Å². The van der Waals surface area contributed by atoms with Crippen molar-refractivity contribution in [1.29, 1.82) is 0 Å². The topological polar surface area (TPSA) is 53.1 Å². The van der Waals surface area contributed by atoms with Gasteiger partial charge in [-0.15, -0.1) is 0 Å². The number of nitrogens with zero attached hydrogens (tertiary/aromatic N) is 2. The van der Waals surface area contributed by atoms with Crippen molar-refractivity contribution in [2.75, 3.05) is 0 Å². The smallest absolute Gasteiger partial charge is 0.132 e. The lowest BCUT2D eigenvalue weighted by Crippen LogP contribution is -2.08. The first-order valence-electron chi connectivity index (χ1n) is 7.33. The fraction of sp³-hybridized carbons (Fsp3) is 0.438. The number of aromatic nitrogens is 2. The summed E-state index contributed by atoms with van der Waals surface area (Å²) < 4.78 is 21.1. The summed E-state index contributed by atoms with van der Waals surface area (Å²) in [4.78, 5) is 0. The lowest BCUT2D eigenvalue weighted by molar-refractivity contribution is 0.295. The third-order valence-corrected chi connectivity index (χ3v) is 3.61. The van der Waals surface area contributed by atoms with Crippen molar-refractivity contribution in [3.05, 3.63) is 47.5 Å². The molecule has 0 atom stereocenters. The third-order valence-electron chi connectivity index (χ3n) is 3.61. The Hall–Kier alpha value is -1.88. The second kappa shape index (κ2) is 7.22. The van der Waals surface area contributed by atoms with Gasteiger partial charge in [0.1, 0.15) is 18.2 Å². The molecule has 0 aliphatic rings. The highest BCUT2D eigenvalue weighted by molar-refractivity contribution is 5.28. The van der Waals surface area contributed by atoms with Gasteiger partial charge in [0.25, 0.3) is 0 Å². The van der Waals surface area contributed by atoms with E-state index in [1.807, 2.05) is 16.9 Å². The Morgan fingerprint density at radius 3 is 2.67 bits per heavy atom. The summed E-state index contributed by atoms with van der Waals surface area (Å²) in [6, 6.07) is 7.08. The molecule has 4 nitrogen and oxygen atoms in total. The summed E-state index contributed by atoms with van der Waals surface area (Å²) in [7, 11) is 0. The summed E-state index contributed by atoms with van der Waals surface area (Å²) in [6.45, 7) is 4.81. The van der Waals surface area contributed by atoms with Crippen LogP contribution >= 0.6 is 0 Å². The molecule has 0 aliphatic heterocycles. The van der Waals surface area contributed by atoms with Gasteiger partial charge in [-0.05, 0) is 25.0 Å². The first kappa shape index (κ1) is 15.5. The third kappa shape index (κ3) is 3.82. The molecule has 0 radical (unpaired) electrons. The molecule has 0 aliphatic carbocycles. The number of nitrogens with two attached hydrogens (primary N) is 1. The van der Waals surface area contributed by atoms with Gasteiger partial charge in [-0.2, -0.15) is 5.10 Å². The zero-order valence-corrected chi connectivity index (χ0v) is 12.6. The molecular formula is C16H22FN3O. The van der Waals surface area contributed by atoms with E-state index >= 15 is 0 Å². The van der Waals surface area contributed by atoms with E-state index in [0.717, 1.165) is 18.5 Å². The number of rotatable bonds is 7. The second-order valence-corrected chi connectivity index (χ2v) is 5.00. The number of ether oxygens (including phenoxy) is 1. The van der Waals surface area contributed by atoms with E-state index in [4.69, 9.17) is 10.5 Å². The Bertz CT molecular complexity index is 579. The molecule has 21 heavy (non-hydrogen) atoms.